The Hall–Kier alpha value is -3.00. The highest BCUT2D eigenvalue weighted by atomic mass is 19.1. The summed E-state index contributed by atoms with van der Waals surface area (Å²) in [6.45, 7) is 2.06. The van der Waals surface area contributed by atoms with Gasteiger partial charge in [-0.1, -0.05) is 0 Å². The zero-order chi connectivity index (χ0) is 21.6. The number of nitrogens with zero attached hydrogens (tertiary/aromatic N) is 2. The molecule has 1 aromatic heterocycles. The van der Waals surface area contributed by atoms with Crippen molar-refractivity contribution >= 4 is 16.6 Å². The van der Waals surface area contributed by atoms with Crippen LogP contribution in [0.25, 0.3) is 10.9 Å². The third kappa shape index (κ3) is 3.44. The largest absolute Gasteiger partial charge is 0.451 e. The van der Waals surface area contributed by atoms with E-state index in [0.29, 0.717) is 16.3 Å². The molecule has 0 amide bonds. The number of aromatic nitrogens is 2. The molecule has 2 fully saturated rings. The third-order valence-electron chi connectivity index (χ3n) is 6.69. The minimum Gasteiger partial charge on any atom is -0.451 e. The molecule has 2 aliphatic rings. The van der Waals surface area contributed by atoms with E-state index in [0.717, 1.165) is 44.8 Å². The van der Waals surface area contributed by atoms with Gasteiger partial charge in [-0.2, -0.15) is 0 Å². The zero-order valence-corrected chi connectivity index (χ0v) is 17.3. The first-order valence-corrected chi connectivity index (χ1v) is 10.5. The Balaban J connectivity index is 1.45. The molecule has 3 aromatic rings. The van der Waals surface area contributed by atoms with Gasteiger partial charge in [-0.3, -0.25) is 9.36 Å². The first kappa shape index (κ1) is 19.9. The van der Waals surface area contributed by atoms with Crippen LogP contribution in [0.4, 0.5) is 14.5 Å². The van der Waals surface area contributed by atoms with Gasteiger partial charge in [0.05, 0.1) is 22.9 Å². The molecule has 5 rings (SSSR count). The van der Waals surface area contributed by atoms with Crippen LogP contribution in [0.2, 0.25) is 0 Å². The van der Waals surface area contributed by atoms with E-state index in [-0.39, 0.29) is 23.0 Å². The Morgan fingerprint density at radius 1 is 1.19 bits per heavy atom. The lowest BCUT2D eigenvalue weighted by molar-refractivity contribution is 0.0270. The number of rotatable bonds is 4. The van der Waals surface area contributed by atoms with Gasteiger partial charge in [0.1, 0.15) is 5.75 Å². The topological polar surface area (TPSA) is 68.2 Å². The van der Waals surface area contributed by atoms with E-state index in [2.05, 4.69) is 15.6 Å². The highest BCUT2D eigenvalue weighted by molar-refractivity contribution is 5.79. The average Bonchev–Trinajstić information content (AvgIpc) is 2.76. The van der Waals surface area contributed by atoms with Crippen LogP contribution >= 0.6 is 0 Å². The van der Waals surface area contributed by atoms with Crippen molar-refractivity contribution in [3.8, 4) is 11.5 Å². The number of piperidine rings is 1. The summed E-state index contributed by atoms with van der Waals surface area (Å²) < 4.78 is 35.9. The second-order valence-corrected chi connectivity index (χ2v) is 8.54. The Kier molecular flexibility index (Phi) is 4.89. The Morgan fingerprint density at radius 2 is 1.97 bits per heavy atom. The molecule has 0 bridgehead atoms. The van der Waals surface area contributed by atoms with E-state index in [1.54, 1.807) is 30.1 Å². The van der Waals surface area contributed by atoms with E-state index < -0.39 is 17.4 Å². The minimum atomic E-state index is -0.826. The summed E-state index contributed by atoms with van der Waals surface area (Å²) in [5.74, 6) is -1.98. The fourth-order valence-corrected chi connectivity index (χ4v) is 4.88. The summed E-state index contributed by atoms with van der Waals surface area (Å²) in [7, 11) is 1.54. The predicted octanol–water partition coefficient (Wildman–Crippen LogP) is 4.21. The number of halogens is 2. The summed E-state index contributed by atoms with van der Waals surface area (Å²) in [6, 6.07) is 7.25. The molecule has 1 aliphatic carbocycles. The van der Waals surface area contributed by atoms with Gasteiger partial charge in [-0.25, -0.2) is 13.8 Å². The highest BCUT2D eigenvalue weighted by Gasteiger charge is 2.45. The van der Waals surface area contributed by atoms with Crippen LogP contribution in [0.3, 0.4) is 0 Å². The van der Waals surface area contributed by atoms with Gasteiger partial charge in [0, 0.05) is 13.1 Å². The molecular formula is C23H24F2N4O2. The molecule has 8 heteroatoms. The van der Waals surface area contributed by atoms with E-state index in [4.69, 9.17) is 4.74 Å². The highest BCUT2D eigenvalue weighted by Crippen LogP contribution is 2.53. The monoisotopic (exact) mass is 426 g/mol. The first-order valence-electron chi connectivity index (χ1n) is 10.5. The molecule has 0 unspecified atom stereocenters. The van der Waals surface area contributed by atoms with E-state index in [9.17, 15) is 13.6 Å². The van der Waals surface area contributed by atoms with Crippen molar-refractivity contribution < 1.29 is 13.5 Å². The van der Waals surface area contributed by atoms with Crippen molar-refractivity contribution in [1.29, 1.82) is 0 Å². The Morgan fingerprint density at radius 3 is 2.71 bits per heavy atom. The molecule has 1 spiro atoms. The average molecular weight is 426 g/mol. The third-order valence-corrected chi connectivity index (χ3v) is 6.69. The van der Waals surface area contributed by atoms with E-state index >= 15 is 0 Å². The predicted molar refractivity (Wildman–Crippen MR) is 115 cm³/mol. The van der Waals surface area contributed by atoms with Gasteiger partial charge in [-0.05, 0) is 74.5 Å². The zero-order valence-electron chi connectivity index (χ0n) is 17.3. The van der Waals surface area contributed by atoms with Crippen molar-refractivity contribution in [2.24, 2.45) is 5.41 Å². The fraction of sp³-hybridized carbons (Fsp3) is 0.391. The molecule has 162 valence electrons. The number of benzene rings is 2. The van der Waals surface area contributed by atoms with E-state index in [1.165, 1.54) is 12.1 Å². The summed E-state index contributed by atoms with van der Waals surface area (Å²) in [6.07, 6.45) is 5.84. The second kappa shape index (κ2) is 7.60. The van der Waals surface area contributed by atoms with E-state index in [1.807, 2.05) is 0 Å². The Labute approximate surface area is 178 Å². The Bertz CT molecular complexity index is 1200. The number of hydrogen-bond acceptors (Lipinski definition) is 5. The molecule has 2 N–H and O–H groups in total. The van der Waals surface area contributed by atoms with Crippen molar-refractivity contribution in [2.45, 2.75) is 31.7 Å². The van der Waals surface area contributed by atoms with Gasteiger partial charge in [0.25, 0.3) is 5.56 Å². The van der Waals surface area contributed by atoms with Crippen LogP contribution in [0.1, 0.15) is 31.7 Å². The molecule has 0 atom stereocenters. The normalized spacial score (nSPS) is 18.2. The molecule has 1 aliphatic heterocycles. The van der Waals surface area contributed by atoms with Crippen molar-refractivity contribution in [3.05, 3.63) is 58.6 Å². The lowest BCUT2D eigenvalue weighted by Gasteiger charge is -2.50. The van der Waals surface area contributed by atoms with Crippen LogP contribution in [0.15, 0.2) is 41.5 Å². The summed E-state index contributed by atoms with van der Waals surface area (Å²) in [5.41, 5.74) is 0.824. The minimum absolute atomic E-state index is 0.123. The maximum absolute atomic E-state index is 14.5. The van der Waals surface area contributed by atoms with Crippen molar-refractivity contribution in [1.82, 2.24) is 14.9 Å². The molecule has 31 heavy (non-hydrogen) atoms. The van der Waals surface area contributed by atoms with Gasteiger partial charge in [-0.15, -0.1) is 0 Å². The maximum atomic E-state index is 14.5. The smallest absolute Gasteiger partial charge is 0.261 e. The molecule has 1 saturated carbocycles. The van der Waals surface area contributed by atoms with Crippen LogP contribution in [0, 0.1) is 17.0 Å². The van der Waals surface area contributed by atoms with Gasteiger partial charge < -0.3 is 15.4 Å². The molecule has 6 nitrogen and oxygen atoms in total. The van der Waals surface area contributed by atoms with Gasteiger partial charge in [0.2, 0.25) is 5.75 Å². The molecule has 2 aromatic carbocycles. The van der Waals surface area contributed by atoms with Crippen molar-refractivity contribution in [3.63, 3.8) is 0 Å². The lowest BCUT2D eigenvalue weighted by atomic mass is 9.60. The fourth-order valence-electron chi connectivity index (χ4n) is 4.88. The number of ether oxygens (including phenoxy) is 1. The van der Waals surface area contributed by atoms with Crippen LogP contribution in [0.5, 0.6) is 11.5 Å². The molecule has 2 heterocycles. The number of nitrogens with one attached hydrogen (secondary N) is 2. The van der Waals surface area contributed by atoms with Gasteiger partial charge >= 0.3 is 0 Å². The number of fused-ring (bicyclic) bond motifs is 1. The van der Waals surface area contributed by atoms with Gasteiger partial charge in [0.15, 0.2) is 11.6 Å². The first-order chi connectivity index (χ1) is 15.0. The number of anilines is 1. The SMILES string of the molecule is CNc1ccc(F)c(Oc2ccc3ncn(C4CC5(CCNCC5)C4)c(=O)c3c2)c1F. The second-order valence-electron chi connectivity index (χ2n) is 8.54. The van der Waals surface area contributed by atoms with Crippen molar-refractivity contribution in [2.75, 3.05) is 25.5 Å². The van der Waals surface area contributed by atoms with Crippen LogP contribution in [-0.2, 0) is 0 Å². The lowest BCUT2D eigenvalue weighted by Crippen LogP contribution is -2.47. The molecule has 0 radical (unpaired) electrons. The molecular weight excluding hydrogens is 402 g/mol. The summed E-state index contributed by atoms with van der Waals surface area (Å²) >= 11 is 0. The standard InChI is InChI=1S/C23H24F2N4O2/c1-26-19-5-3-17(24)21(20(19)25)31-15-2-4-18-16(10-15)22(30)29(13-28-18)14-11-23(12-14)6-8-27-9-7-23/h2-5,10,13-14,26-27H,6-9,11-12H2,1H3. The maximum Gasteiger partial charge on any atom is 0.261 e. The molecule has 1 saturated heterocycles. The summed E-state index contributed by atoms with van der Waals surface area (Å²) in [5, 5.41) is 6.42. The van der Waals surface area contributed by atoms with Crippen LogP contribution in [-0.4, -0.2) is 29.7 Å². The summed E-state index contributed by atoms with van der Waals surface area (Å²) in [4.78, 5) is 17.6. The quantitative estimate of drug-likeness (QED) is 0.654. The number of hydrogen-bond donors (Lipinski definition) is 2. The van der Waals surface area contributed by atoms with Crippen LogP contribution < -0.4 is 20.9 Å².